The molecule has 21 heavy (non-hydrogen) atoms. The van der Waals surface area contributed by atoms with Gasteiger partial charge in [-0.15, -0.1) is 0 Å². The number of hydrogen-bond acceptors (Lipinski definition) is 7. The van der Waals surface area contributed by atoms with Crippen LogP contribution in [0.5, 0.6) is 0 Å². The second-order valence-corrected chi connectivity index (χ2v) is 4.76. The fraction of sp³-hybridized carbons (Fsp3) is 0.500. The fourth-order valence-electron chi connectivity index (χ4n) is 1.19. The second-order valence-electron chi connectivity index (χ2n) is 3.77. The minimum Gasteiger partial charge on any atom is -0.480 e. The molecule has 116 valence electrons. The molecule has 9 heteroatoms. The van der Waals surface area contributed by atoms with Crippen LogP contribution in [-0.2, 0) is 19.1 Å². The Kier molecular flexibility index (Phi) is 9.45. The molecule has 0 aromatic heterocycles. The number of nitriles is 1. The van der Waals surface area contributed by atoms with E-state index in [1.165, 1.54) is 18.9 Å². The Morgan fingerprint density at radius 1 is 1.48 bits per heavy atom. The molecule has 0 aliphatic rings. The van der Waals surface area contributed by atoms with Gasteiger partial charge in [-0.2, -0.15) is 17.0 Å². The number of aliphatic carboxylic acids is 1. The molecule has 1 amide bonds. The lowest BCUT2D eigenvalue weighted by Crippen LogP contribution is -2.42. The van der Waals surface area contributed by atoms with Gasteiger partial charge in [0.2, 0.25) is 0 Å². The van der Waals surface area contributed by atoms with Gasteiger partial charge in [-0.1, -0.05) is 0 Å². The first kappa shape index (κ1) is 18.8. The molecule has 1 atom stereocenters. The molecule has 1 unspecified atom stereocenters. The van der Waals surface area contributed by atoms with Crippen molar-refractivity contribution in [3.63, 3.8) is 0 Å². The van der Waals surface area contributed by atoms with Crippen LogP contribution in [0.3, 0.4) is 0 Å². The number of esters is 1. The third-order valence-corrected chi connectivity index (χ3v) is 2.94. The first-order chi connectivity index (χ1) is 9.96. The van der Waals surface area contributed by atoms with Gasteiger partial charge < -0.3 is 20.5 Å². The lowest BCUT2D eigenvalue weighted by Gasteiger charge is -2.13. The monoisotopic (exact) mass is 315 g/mol. The van der Waals surface area contributed by atoms with E-state index < -0.39 is 23.9 Å². The molecular formula is C12H17N3O5S. The minimum atomic E-state index is -1.17. The normalized spacial score (nSPS) is 12.0. The predicted molar refractivity (Wildman–Crippen MR) is 76.3 cm³/mol. The number of carbonyl (C=O) groups excluding carboxylic acids is 2. The minimum absolute atomic E-state index is 0.205. The van der Waals surface area contributed by atoms with Gasteiger partial charge >= 0.3 is 11.9 Å². The van der Waals surface area contributed by atoms with Crippen molar-refractivity contribution in [2.45, 2.75) is 12.5 Å². The topological polar surface area (TPSA) is 129 Å². The summed E-state index contributed by atoms with van der Waals surface area (Å²) in [6, 6.07) is 0.563. The average Bonchev–Trinajstić information content (AvgIpc) is 2.46. The number of nitrogens with one attached hydrogen (secondary N) is 2. The third-order valence-electron chi connectivity index (χ3n) is 2.30. The van der Waals surface area contributed by atoms with Gasteiger partial charge in [0.05, 0.1) is 7.11 Å². The third kappa shape index (κ3) is 7.84. The molecule has 0 rings (SSSR count). The van der Waals surface area contributed by atoms with Crippen molar-refractivity contribution in [1.29, 1.82) is 5.26 Å². The number of amides is 1. The fourth-order valence-corrected chi connectivity index (χ4v) is 1.66. The second kappa shape index (κ2) is 10.6. The van der Waals surface area contributed by atoms with Gasteiger partial charge in [-0.3, -0.25) is 9.59 Å². The highest BCUT2D eigenvalue weighted by molar-refractivity contribution is 7.98. The number of nitrogens with zero attached hydrogens (tertiary/aromatic N) is 1. The highest BCUT2D eigenvalue weighted by Crippen LogP contribution is 2.02. The summed E-state index contributed by atoms with van der Waals surface area (Å²) in [6.07, 6.45) is 3.11. The molecule has 0 aliphatic heterocycles. The molecule has 0 radical (unpaired) electrons. The quantitative estimate of drug-likeness (QED) is 0.294. The van der Waals surface area contributed by atoms with Gasteiger partial charge in [-0.25, -0.2) is 4.79 Å². The zero-order valence-corrected chi connectivity index (χ0v) is 12.5. The van der Waals surface area contributed by atoms with Crippen LogP contribution in [0.1, 0.15) is 6.42 Å². The predicted octanol–water partition coefficient (Wildman–Crippen LogP) is -0.521. The number of methoxy groups -OCH3 is 1. The Labute approximate surface area is 126 Å². The maximum absolute atomic E-state index is 11.8. The maximum atomic E-state index is 11.8. The average molecular weight is 315 g/mol. The van der Waals surface area contributed by atoms with E-state index in [-0.39, 0.29) is 18.5 Å². The van der Waals surface area contributed by atoms with Gasteiger partial charge in [-0.05, 0) is 18.4 Å². The number of ether oxygens (including phenoxy) is 1. The molecule has 0 aliphatic carbocycles. The summed E-state index contributed by atoms with van der Waals surface area (Å²) in [5.74, 6) is -1.99. The van der Waals surface area contributed by atoms with Crippen LogP contribution in [-0.4, -0.2) is 54.7 Å². The molecule has 0 heterocycles. The molecule has 0 saturated heterocycles. The molecule has 0 aromatic carbocycles. The molecular weight excluding hydrogens is 298 g/mol. The van der Waals surface area contributed by atoms with Crippen molar-refractivity contribution in [2.75, 3.05) is 25.7 Å². The van der Waals surface area contributed by atoms with Crippen molar-refractivity contribution in [3.8, 4) is 6.07 Å². The Hall–Kier alpha value is -2.21. The molecule has 0 fully saturated rings. The number of rotatable bonds is 9. The highest BCUT2D eigenvalue weighted by Gasteiger charge is 2.21. The molecule has 0 aromatic rings. The summed E-state index contributed by atoms with van der Waals surface area (Å²) in [4.78, 5) is 33.6. The summed E-state index contributed by atoms with van der Waals surface area (Å²) in [5, 5.41) is 22.5. The van der Waals surface area contributed by atoms with Crippen molar-refractivity contribution >= 4 is 29.6 Å². The van der Waals surface area contributed by atoms with E-state index >= 15 is 0 Å². The van der Waals surface area contributed by atoms with E-state index in [0.717, 1.165) is 6.20 Å². The SMILES string of the molecule is COC(=O)CN/C=C(/C#N)C(=O)NC(CCSC)C(=O)O. The van der Waals surface area contributed by atoms with E-state index in [2.05, 4.69) is 15.4 Å². The molecule has 8 nitrogen and oxygen atoms in total. The standard InChI is InChI=1S/C12H17N3O5S/c1-20-10(16)7-14-6-8(5-13)11(17)15-9(12(18)19)3-4-21-2/h6,9,14H,3-4,7H2,1-2H3,(H,15,17)(H,18,19)/b8-6-. The van der Waals surface area contributed by atoms with Gasteiger partial charge in [0.25, 0.3) is 5.91 Å². The maximum Gasteiger partial charge on any atom is 0.326 e. The largest absolute Gasteiger partial charge is 0.480 e. The number of carboxylic acids is 1. The number of carboxylic acid groups (broad SMARTS) is 1. The van der Waals surface area contributed by atoms with Crippen molar-refractivity contribution in [2.24, 2.45) is 0 Å². The molecule has 0 saturated carbocycles. The highest BCUT2D eigenvalue weighted by atomic mass is 32.2. The van der Waals surface area contributed by atoms with Crippen molar-refractivity contribution in [1.82, 2.24) is 10.6 Å². The zero-order chi connectivity index (χ0) is 16.3. The van der Waals surface area contributed by atoms with Gasteiger partial charge in [0.15, 0.2) is 0 Å². The number of carbonyl (C=O) groups is 3. The Morgan fingerprint density at radius 2 is 2.14 bits per heavy atom. The van der Waals surface area contributed by atoms with Crippen LogP contribution in [0.25, 0.3) is 0 Å². The smallest absolute Gasteiger partial charge is 0.326 e. The number of thioether (sulfide) groups is 1. The van der Waals surface area contributed by atoms with E-state index in [4.69, 9.17) is 10.4 Å². The Bertz CT molecular complexity index is 458. The molecule has 3 N–H and O–H groups in total. The van der Waals surface area contributed by atoms with E-state index in [0.29, 0.717) is 5.75 Å². The van der Waals surface area contributed by atoms with Crippen LogP contribution in [0.4, 0.5) is 0 Å². The summed E-state index contributed by atoms with van der Waals surface area (Å²) in [5.41, 5.74) is -0.325. The van der Waals surface area contributed by atoms with Crippen molar-refractivity contribution in [3.05, 3.63) is 11.8 Å². The zero-order valence-electron chi connectivity index (χ0n) is 11.7. The van der Waals surface area contributed by atoms with Crippen LogP contribution in [0.2, 0.25) is 0 Å². The summed E-state index contributed by atoms with van der Waals surface area (Å²) in [7, 11) is 1.20. The Balaban J connectivity index is 4.62. The van der Waals surface area contributed by atoms with Crippen LogP contribution in [0.15, 0.2) is 11.8 Å². The lowest BCUT2D eigenvalue weighted by atomic mass is 10.2. The van der Waals surface area contributed by atoms with Gasteiger partial charge in [0.1, 0.15) is 24.2 Å². The van der Waals surface area contributed by atoms with Crippen molar-refractivity contribution < 1.29 is 24.2 Å². The Morgan fingerprint density at radius 3 is 2.62 bits per heavy atom. The summed E-state index contributed by atoms with van der Waals surface area (Å²) in [6.45, 7) is -0.205. The first-order valence-corrected chi connectivity index (χ1v) is 7.28. The molecule has 0 bridgehead atoms. The van der Waals surface area contributed by atoms with Crippen LogP contribution < -0.4 is 10.6 Å². The lowest BCUT2D eigenvalue weighted by molar-refractivity contribution is -0.141. The van der Waals surface area contributed by atoms with Crippen LogP contribution in [0, 0.1) is 11.3 Å². The van der Waals surface area contributed by atoms with Crippen LogP contribution >= 0.6 is 11.8 Å². The number of hydrogen-bond donors (Lipinski definition) is 3. The van der Waals surface area contributed by atoms with E-state index in [1.54, 1.807) is 6.07 Å². The summed E-state index contributed by atoms with van der Waals surface area (Å²) >= 11 is 1.45. The summed E-state index contributed by atoms with van der Waals surface area (Å²) < 4.78 is 4.37. The molecule has 0 spiro atoms. The van der Waals surface area contributed by atoms with E-state index in [1.807, 2.05) is 6.26 Å². The van der Waals surface area contributed by atoms with E-state index in [9.17, 15) is 14.4 Å². The van der Waals surface area contributed by atoms with Gasteiger partial charge in [0, 0.05) is 6.20 Å². The first-order valence-electron chi connectivity index (χ1n) is 5.89.